The lowest BCUT2D eigenvalue weighted by Crippen LogP contribution is -2.34. The van der Waals surface area contributed by atoms with Crippen molar-refractivity contribution in [3.05, 3.63) is 52.1 Å². The van der Waals surface area contributed by atoms with Gasteiger partial charge in [-0.2, -0.15) is 0 Å². The monoisotopic (exact) mass is 417 g/mol. The van der Waals surface area contributed by atoms with Gasteiger partial charge in [0, 0.05) is 17.6 Å². The third kappa shape index (κ3) is 4.14. The Morgan fingerprint density at radius 2 is 2.21 bits per heavy atom. The second kappa shape index (κ2) is 8.04. The number of anilines is 1. The first-order valence-electron chi connectivity index (χ1n) is 9.18. The Morgan fingerprint density at radius 1 is 1.38 bits per heavy atom. The van der Waals surface area contributed by atoms with E-state index in [0.717, 1.165) is 12.8 Å². The van der Waals surface area contributed by atoms with Crippen LogP contribution in [0.25, 0.3) is 11.6 Å². The first-order chi connectivity index (χ1) is 14.1. The molecule has 29 heavy (non-hydrogen) atoms. The second-order valence-electron chi connectivity index (χ2n) is 6.63. The van der Waals surface area contributed by atoms with Gasteiger partial charge < -0.3 is 19.8 Å². The van der Waals surface area contributed by atoms with Crippen LogP contribution < -0.4 is 21.1 Å². The molecule has 2 heterocycles. The van der Waals surface area contributed by atoms with Crippen molar-refractivity contribution in [1.82, 2.24) is 19.7 Å². The summed E-state index contributed by atoms with van der Waals surface area (Å²) in [6, 6.07) is 8.17. The third-order valence-electron chi connectivity index (χ3n) is 4.54. The highest BCUT2D eigenvalue weighted by atomic mass is 35.5. The first-order valence-corrected chi connectivity index (χ1v) is 9.56. The van der Waals surface area contributed by atoms with Gasteiger partial charge in [0.05, 0.1) is 25.6 Å². The van der Waals surface area contributed by atoms with Crippen molar-refractivity contribution in [3.8, 4) is 17.3 Å². The molecule has 1 aliphatic rings. The first kappa shape index (κ1) is 19.1. The van der Waals surface area contributed by atoms with E-state index in [-0.39, 0.29) is 24.8 Å². The van der Waals surface area contributed by atoms with E-state index in [1.165, 1.54) is 11.8 Å². The Bertz CT molecular complexity index is 1070. The van der Waals surface area contributed by atoms with Crippen LogP contribution in [0, 0.1) is 0 Å². The number of hydrogen-bond acceptors (Lipinski definition) is 5. The molecular formula is C19H20ClN5O4. The van der Waals surface area contributed by atoms with Crippen molar-refractivity contribution < 1.29 is 13.9 Å². The van der Waals surface area contributed by atoms with Crippen LogP contribution in [-0.4, -0.2) is 34.0 Å². The molecule has 2 N–H and O–H groups in total. The number of rotatable bonds is 7. The van der Waals surface area contributed by atoms with Crippen molar-refractivity contribution >= 4 is 23.3 Å². The van der Waals surface area contributed by atoms with Gasteiger partial charge in [0.1, 0.15) is 5.75 Å². The summed E-state index contributed by atoms with van der Waals surface area (Å²) in [6.45, 7) is 0.445. The number of ether oxygens (including phenoxy) is 1. The zero-order chi connectivity index (χ0) is 20.4. The maximum Gasteiger partial charge on any atom is 0.346 e. The number of nitrogens with zero attached hydrogens (tertiary/aromatic N) is 3. The largest absolute Gasteiger partial charge is 0.495 e. The topological polar surface area (TPSA) is 103 Å². The van der Waals surface area contributed by atoms with E-state index in [0.29, 0.717) is 28.0 Å². The molecule has 10 heteroatoms. The molecule has 152 valence electrons. The molecule has 9 nitrogen and oxygen atoms in total. The number of benzene rings is 1. The number of urea groups is 1. The maximum absolute atomic E-state index is 12.7. The molecule has 0 spiro atoms. The van der Waals surface area contributed by atoms with Crippen molar-refractivity contribution in [2.75, 3.05) is 19.0 Å². The number of methoxy groups -OCH3 is 1. The average molecular weight is 418 g/mol. The highest BCUT2D eigenvalue weighted by Gasteiger charge is 2.31. The number of carbonyl (C=O) groups is 1. The summed E-state index contributed by atoms with van der Waals surface area (Å²) in [5.41, 5.74) is 0.241. The predicted octanol–water partition coefficient (Wildman–Crippen LogP) is 3.12. The summed E-state index contributed by atoms with van der Waals surface area (Å²) in [7, 11) is 1.51. The van der Waals surface area contributed by atoms with Crippen LogP contribution in [0.1, 0.15) is 18.9 Å². The summed E-state index contributed by atoms with van der Waals surface area (Å²) in [5.74, 6) is 1.55. The van der Waals surface area contributed by atoms with Crippen molar-refractivity contribution in [1.29, 1.82) is 0 Å². The smallest absolute Gasteiger partial charge is 0.346 e. The van der Waals surface area contributed by atoms with Gasteiger partial charge >= 0.3 is 11.7 Å². The SMILES string of the molecule is COc1ccc(Cl)cc1NC(=O)NCCn1nc(-c2ccco2)n(C2CC2)c1=O. The molecule has 0 aliphatic heterocycles. The van der Waals surface area contributed by atoms with Crippen LogP contribution in [0.15, 0.2) is 45.8 Å². The van der Waals surface area contributed by atoms with Crippen molar-refractivity contribution in [2.24, 2.45) is 0 Å². The van der Waals surface area contributed by atoms with Crippen LogP contribution >= 0.6 is 11.6 Å². The molecule has 0 radical (unpaired) electrons. The Hall–Kier alpha value is -3.20. The van der Waals surface area contributed by atoms with Gasteiger partial charge in [0.15, 0.2) is 5.76 Å². The van der Waals surface area contributed by atoms with Crippen molar-refractivity contribution in [3.63, 3.8) is 0 Å². The highest BCUT2D eigenvalue weighted by molar-refractivity contribution is 6.31. The van der Waals surface area contributed by atoms with Crippen LogP contribution in [-0.2, 0) is 6.54 Å². The fraction of sp³-hybridized carbons (Fsp3) is 0.316. The molecule has 4 rings (SSSR count). The molecule has 1 aliphatic carbocycles. The zero-order valence-corrected chi connectivity index (χ0v) is 16.5. The quantitative estimate of drug-likeness (QED) is 0.614. The number of amides is 2. The highest BCUT2D eigenvalue weighted by Crippen LogP contribution is 2.36. The Morgan fingerprint density at radius 3 is 2.90 bits per heavy atom. The molecule has 1 aromatic carbocycles. The van der Waals surface area contributed by atoms with Gasteiger partial charge in [0.25, 0.3) is 0 Å². The Labute approximate surface area is 171 Å². The van der Waals surface area contributed by atoms with Crippen LogP contribution in [0.4, 0.5) is 10.5 Å². The summed E-state index contributed by atoms with van der Waals surface area (Å²) in [4.78, 5) is 24.9. The van der Waals surface area contributed by atoms with Gasteiger partial charge in [0.2, 0.25) is 5.82 Å². The molecule has 0 bridgehead atoms. The van der Waals surface area contributed by atoms with E-state index < -0.39 is 6.03 Å². The fourth-order valence-electron chi connectivity index (χ4n) is 3.02. The van der Waals surface area contributed by atoms with Gasteiger partial charge in [-0.05, 0) is 43.2 Å². The summed E-state index contributed by atoms with van der Waals surface area (Å²) >= 11 is 5.97. The number of halogens is 1. The van der Waals surface area contributed by atoms with E-state index >= 15 is 0 Å². The number of hydrogen-bond donors (Lipinski definition) is 2. The summed E-state index contributed by atoms with van der Waals surface area (Å²) in [6.07, 6.45) is 3.44. The zero-order valence-electron chi connectivity index (χ0n) is 15.7. The minimum absolute atomic E-state index is 0.155. The van der Waals surface area contributed by atoms with E-state index in [4.69, 9.17) is 20.8 Å². The van der Waals surface area contributed by atoms with E-state index in [1.807, 2.05) is 0 Å². The van der Waals surface area contributed by atoms with Crippen LogP contribution in [0.5, 0.6) is 5.75 Å². The minimum atomic E-state index is -0.438. The summed E-state index contributed by atoms with van der Waals surface area (Å²) < 4.78 is 13.6. The molecule has 0 saturated heterocycles. The Balaban J connectivity index is 1.41. The van der Waals surface area contributed by atoms with E-state index in [1.54, 1.807) is 41.2 Å². The lowest BCUT2D eigenvalue weighted by Gasteiger charge is -2.11. The standard InChI is InChI=1S/C19H20ClN5O4/c1-28-15-7-4-12(20)11-14(15)22-18(26)21-8-9-24-19(27)25(13-5-6-13)17(23-24)16-3-2-10-29-16/h2-4,7,10-11,13H,5-6,8-9H2,1H3,(H2,21,22,26). The molecule has 2 aromatic heterocycles. The van der Waals surface area contributed by atoms with Crippen LogP contribution in [0.3, 0.4) is 0 Å². The third-order valence-corrected chi connectivity index (χ3v) is 4.78. The lowest BCUT2D eigenvalue weighted by atomic mass is 10.3. The number of carbonyl (C=O) groups excluding carboxylic acids is 1. The molecule has 1 saturated carbocycles. The molecule has 2 amide bonds. The molecule has 3 aromatic rings. The molecule has 0 unspecified atom stereocenters. The van der Waals surface area contributed by atoms with Gasteiger partial charge in [-0.15, -0.1) is 5.10 Å². The Kier molecular flexibility index (Phi) is 5.30. The van der Waals surface area contributed by atoms with E-state index in [9.17, 15) is 9.59 Å². The minimum Gasteiger partial charge on any atom is -0.495 e. The summed E-state index contributed by atoms with van der Waals surface area (Å²) in [5, 5.41) is 10.3. The van der Waals surface area contributed by atoms with Gasteiger partial charge in [-0.1, -0.05) is 11.6 Å². The number of furan rings is 1. The fourth-order valence-corrected chi connectivity index (χ4v) is 3.19. The van der Waals surface area contributed by atoms with Gasteiger partial charge in [-0.25, -0.2) is 14.3 Å². The van der Waals surface area contributed by atoms with Crippen LogP contribution in [0.2, 0.25) is 5.02 Å². The van der Waals surface area contributed by atoms with E-state index in [2.05, 4.69) is 15.7 Å². The number of nitrogens with one attached hydrogen (secondary N) is 2. The second-order valence-corrected chi connectivity index (χ2v) is 7.07. The molecular weight excluding hydrogens is 398 g/mol. The normalized spacial score (nSPS) is 13.3. The van der Waals surface area contributed by atoms with Gasteiger partial charge in [-0.3, -0.25) is 4.57 Å². The van der Waals surface area contributed by atoms with Crippen molar-refractivity contribution in [2.45, 2.75) is 25.4 Å². The maximum atomic E-state index is 12.7. The number of aromatic nitrogens is 3. The average Bonchev–Trinajstić information content (AvgIpc) is 3.27. The lowest BCUT2D eigenvalue weighted by molar-refractivity contribution is 0.251. The predicted molar refractivity (Wildman–Crippen MR) is 107 cm³/mol. The molecule has 0 atom stereocenters. The molecule has 1 fully saturated rings.